The second-order valence-corrected chi connectivity index (χ2v) is 6.11. The van der Waals surface area contributed by atoms with E-state index in [4.69, 9.17) is 5.73 Å². The maximum Gasteiger partial charge on any atom is 0.161 e. The van der Waals surface area contributed by atoms with Crippen LogP contribution in [0.4, 0.5) is 5.82 Å². The Balaban J connectivity index is 2.00. The molecule has 0 aliphatic carbocycles. The number of rotatable bonds is 2. The normalized spacial score (nSPS) is 13.8. The van der Waals surface area contributed by atoms with Crippen molar-refractivity contribution < 1.29 is 0 Å². The van der Waals surface area contributed by atoms with Crippen LogP contribution in [0.2, 0.25) is 0 Å². The average molecular weight is 271 g/mol. The number of nitrogens with zero attached hydrogens (tertiary/aromatic N) is 2. The van der Waals surface area contributed by atoms with Gasteiger partial charge in [0, 0.05) is 22.6 Å². The van der Waals surface area contributed by atoms with E-state index in [0.29, 0.717) is 11.7 Å². The molecule has 0 unspecified atom stereocenters. The van der Waals surface area contributed by atoms with E-state index in [1.807, 2.05) is 11.8 Å². The minimum atomic E-state index is 0.538. The van der Waals surface area contributed by atoms with Crippen molar-refractivity contribution in [3.8, 4) is 11.4 Å². The third-order valence-electron chi connectivity index (χ3n) is 3.45. The van der Waals surface area contributed by atoms with Gasteiger partial charge in [0.05, 0.1) is 5.69 Å². The maximum atomic E-state index is 6.02. The summed E-state index contributed by atoms with van der Waals surface area (Å²) in [6, 6.07) is 8.44. The van der Waals surface area contributed by atoms with Crippen molar-refractivity contribution in [3.05, 3.63) is 41.1 Å². The molecule has 0 atom stereocenters. The first kappa shape index (κ1) is 12.5. The molecule has 4 heteroatoms. The van der Waals surface area contributed by atoms with Crippen LogP contribution in [0.1, 0.15) is 36.6 Å². The molecule has 0 fully saturated rings. The fourth-order valence-corrected chi connectivity index (χ4v) is 3.28. The van der Waals surface area contributed by atoms with Gasteiger partial charge in [0.25, 0.3) is 0 Å². The molecule has 0 saturated heterocycles. The molecule has 98 valence electrons. The van der Waals surface area contributed by atoms with Crippen LogP contribution in [0.25, 0.3) is 11.4 Å². The molecule has 0 saturated carbocycles. The van der Waals surface area contributed by atoms with Gasteiger partial charge < -0.3 is 5.73 Å². The highest BCUT2D eigenvalue weighted by molar-refractivity contribution is 7.98. The third kappa shape index (κ3) is 2.32. The quantitative estimate of drug-likeness (QED) is 0.906. The topological polar surface area (TPSA) is 51.8 Å². The number of anilines is 1. The van der Waals surface area contributed by atoms with Crippen molar-refractivity contribution in [1.29, 1.82) is 0 Å². The number of hydrogen-bond acceptors (Lipinski definition) is 4. The van der Waals surface area contributed by atoms with Gasteiger partial charge in [-0.3, -0.25) is 0 Å². The van der Waals surface area contributed by atoms with Crippen molar-refractivity contribution in [2.75, 3.05) is 5.73 Å². The summed E-state index contributed by atoms with van der Waals surface area (Å²) in [5.41, 5.74) is 10.6. The molecule has 0 bridgehead atoms. The van der Waals surface area contributed by atoms with Gasteiger partial charge >= 0.3 is 0 Å². The van der Waals surface area contributed by atoms with Gasteiger partial charge in [-0.2, -0.15) is 11.8 Å². The van der Waals surface area contributed by atoms with Gasteiger partial charge in [0.2, 0.25) is 0 Å². The zero-order valence-electron chi connectivity index (χ0n) is 11.2. The molecule has 1 aromatic heterocycles. The minimum Gasteiger partial charge on any atom is -0.383 e. The van der Waals surface area contributed by atoms with Gasteiger partial charge in [-0.15, -0.1) is 0 Å². The third-order valence-corrected chi connectivity index (χ3v) is 4.42. The van der Waals surface area contributed by atoms with Crippen LogP contribution in [-0.2, 0) is 11.5 Å². The SMILES string of the molecule is CC(C)c1ccc(-c2nc(N)c3c(n2)CSC3)cc1. The number of nitrogens with two attached hydrogens (primary N) is 1. The number of hydrogen-bond donors (Lipinski definition) is 1. The number of thioether (sulfide) groups is 1. The van der Waals surface area contributed by atoms with E-state index in [2.05, 4.69) is 48.1 Å². The van der Waals surface area contributed by atoms with Gasteiger partial charge in [-0.25, -0.2) is 9.97 Å². The summed E-state index contributed by atoms with van der Waals surface area (Å²) in [5.74, 6) is 3.80. The summed E-state index contributed by atoms with van der Waals surface area (Å²) in [6.45, 7) is 4.38. The lowest BCUT2D eigenvalue weighted by atomic mass is 10.0. The lowest BCUT2D eigenvalue weighted by Gasteiger charge is -2.08. The second-order valence-electron chi connectivity index (χ2n) is 5.13. The summed E-state index contributed by atoms with van der Waals surface area (Å²) in [5, 5.41) is 0. The summed E-state index contributed by atoms with van der Waals surface area (Å²) in [7, 11) is 0. The van der Waals surface area contributed by atoms with Gasteiger partial charge in [0.15, 0.2) is 5.82 Å². The maximum absolute atomic E-state index is 6.02. The summed E-state index contributed by atoms with van der Waals surface area (Å²) < 4.78 is 0. The van der Waals surface area contributed by atoms with Crippen LogP contribution in [0.3, 0.4) is 0 Å². The summed E-state index contributed by atoms with van der Waals surface area (Å²) in [4.78, 5) is 9.09. The Morgan fingerprint density at radius 2 is 1.84 bits per heavy atom. The van der Waals surface area contributed by atoms with E-state index in [1.165, 1.54) is 5.56 Å². The molecule has 0 amide bonds. The lowest BCUT2D eigenvalue weighted by Crippen LogP contribution is -2.02. The number of nitrogen functional groups attached to an aromatic ring is 1. The summed E-state index contributed by atoms with van der Waals surface area (Å²) in [6.07, 6.45) is 0. The lowest BCUT2D eigenvalue weighted by molar-refractivity contribution is 0.867. The predicted molar refractivity (Wildman–Crippen MR) is 81.0 cm³/mol. The van der Waals surface area contributed by atoms with E-state index >= 15 is 0 Å². The monoisotopic (exact) mass is 271 g/mol. The zero-order chi connectivity index (χ0) is 13.4. The molecule has 1 aromatic carbocycles. The Hall–Kier alpha value is -1.55. The fourth-order valence-electron chi connectivity index (χ4n) is 2.22. The van der Waals surface area contributed by atoms with Crippen molar-refractivity contribution in [2.45, 2.75) is 31.3 Å². The first-order valence-electron chi connectivity index (χ1n) is 6.48. The minimum absolute atomic E-state index is 0.538. The molecule has 0 spiro atoms. The van der Waals surface area contributed by atoms with Crippen LogP contribution in [0, 0.1) is 0 Å². The van der Waals surface area contributed by atoms with Crippen molar-refractivity contribution in [1.82, 2.24) is 9.97 Å². The molecule has 1 aliphatic heterocycles. The molecular formula is C15H17N3S. The highest BCUT2D eigenvalue weighted by Gasteiger charge is 2.18. The second kappa shape index (κ2) is 4.85. The number of fused-ring (bicyclic) bond motifs is 1. The average Bonchev–Trinajstić information content (AvgIpc) is 2.87. The van der Waals surface area contributed by atoms with Crippen molar-refractivity contribution >= 4 is 17.6 Å². The summed E-state index contributed by atoms with van der Waals surface area (Å²) >= 11 is 1.84. The molecule has 0 radical (unpaired) electrons. The van der Waals surface area contributed by atoms with Gasteiger partial charge in [-0.1, -0.05) is 38.1 Å². The van der Waals surface area contributed by atoms with E-state index in [1.54, 1.807) is 0 Å². The molecule has 2 heterocycles. The van der Waals surface area contributed by atoms with Crippen LogP contribution in [0.5, 0.6) is 0 Å². The van der Waals surface area contributed by atoms with Gasteiger partial charge in [0.1, 0.15) is 5.82 Å². The molecule has 3 nitrogen and oxygen atoms in total. The number of benzene rings is 1. The Morgan fingerprint density at radius 3 is 2.53 bits per heavy atom. The first-order chi connectivity index (χ1) is 9.15. The highest BCUT2D eigenvalue weighted by Crippen LogP contribution is 2.33. The molecule has 2 N–H and O–H groups in total. The predicted octanol–water partition coefficient (Wildman–Crippen LogP) is 3.60. The zero-order valence-corrected chi connectivity index (χ0v) is 12.0. The van der Waals surface area contributed by atoms with Crippen LogP contribution in [0.15, 0.2) is 24.3 Å². The standard InChI is InChI=1S/C15H17N3S/c1-9(2)10-3-5-11(6-4-10)15-17-13-8-19-7-12(13)14(16)18-15/h3-6,9H,7-8H2,1-2H3,(H2,16,17,18). The molecular weight excluding hydrogens is 254 g/mol. The Morgan fingerprint density at radius 1 is 1.11 bits per heavy atom. The van der Waals surface area contributed by atoms with E-state index in [-0.39, 0.29) is 0 Å². The largest absolute Gasteiger partial charge is 0.383 e. The van der Waals surface area contributed by atoms with E-state index in [0.717, 1.165) is 34.2 Å². The van der Waals surface area contributed by atoms with Crippen molar-refractivity contribution in [3.63, 3.8) is 0 Å². The van der Waals surface area contributed by atoms with Gasteiger partial charge in [-0.05, 0) is 11.5 Å². The fraction of sp³-hybridized carbons (Fsp3) is 0.333. The van der Waals surface area contributed by atoms with Crippen molar-refractivity contribution in [2.24, 2.45) is 0 Å². The molecule has 1 aliphatic rings. The first-order valence-corrected chi connectivity index (χ1v) is 7.64. The highest BCUT2D eigenvalue weighted by atomic mass is 32.2. The Bertz CT molecular complexity index is 606. The van der Waals surface area contributed by atoms with Crippen LogP contribution in [-0.4, -0.2) is 9.97 Å². The van der Waals surface area contributed by atoms with E-state index < -0.39 is 0 Å². The smallest absolute Gasteiger partial charge is 0.161 e. The van der Waals surface area contributed by atoms with Crippen LogP contribution < -0.4 is 5.73 Å². The Labute approximate surface area is 117 Å². The van der Waals surface area contributed by atoms with E-state index in [9.17, 15) is 0 Å². The van der Waals surface area contributed by atoms with Crippen LogP contribution >= 0.6 is 11.8 Å². The molecule has 3 rings (SSSR count). The Kier molecular flexibility index (Phi) is 3.19. The molecule has 2 aromatic rings. The molecule has 19 heavy (non-hydrogen) atoms. The number of aromatic nitrogens is 2.